The van der Waals surface area contributed by atoms with Crippen LogP contribution in [0.15, 0.2) is 53.6 Å². The van der Waals surface area contributed by atoms with Gasteiger partial charge in [0, 0.05) is 25.2 Å². The van der Waals surface area contributed by atoms with Crippen molar-refractivity contribution in [2.75, 3.05) is 30.9 Å². The lowest BCUT2D eigenvalue weighted by Crippen LogP contribution is -2.25. The third kappa shape index (κ3) is 4.62. The van der Waals surface area contributed by atoms with E-state index < -0.39 is 0 Å². The second-order valence-corrected chi connectivity index (χ2v) is 7.88. The van der Waals surface area contributed by atoms with Crippen LogP contribution in [0.4, 0.5) is 5.82 Å². The second kappa shape index (κ2) is 9.13. The summed E-state index contributed by atoms with van der Waals surface area (Å²) in [5, 5.41) is 3.79. The second-order valence-electron chi connectivity index (χ2n) is 6.91. The number of benzene rings is 2. The zero-order valence-corrected chi connectivity index (χ0v) is 17.2. The fourth-order valence-corrected chi connectivity index (χ4v) is 4.27. The monoisotopic (exact) mass is 408 g/mol. The molecule has 0 unspecified atom stereocenters. The summed E-state index contributed by atoms with van der Waals surface area (Å²) in [7, 11) is 1.63. The molecule has 1 amide bonds. The van der Waals surface area contributed by atoms with Crippen molar-refractivity contribution in [1.82, 2.24) is 15.3 Å². The van der Waals surface area contributed by atoms with Gasteiger partial charge in [-0.15, -0.1) is 0 Å². The summed E-state index contributed by atoms with van der Waals surface area (Å²) in [5.41, 5.74) is 2.70. The van der Waals surface area contributed by atoms with Gasteiger partial charge in [-0.2, -0.15) is 0 Å². The number of carbonyl (C=O) groups is 1. The van der Waals surface area contributed by atoms with Crippen LogP contribution in [0.25, 0.3) is 11.0 Å². The van der Waals surface area contributed by atoms with Gasteiger partial charge >= 0.3 is 0 Å². The molecule has 0 spiro atoms. The van der Waals surface area contributed by atoms with Crippen molar-refractivity contribution in [2.24, 2.45) is 0 Å². The molecule has 1 N–H and O–H groups in total. The normalized spacial score (nSPS) is 13.6. The smallest absolute Gasteiger partial charge is 0.230 e. The molecule has 1 aliphatic heterocycles. The Morgan fingerprint density at radius 3 is 2.52 bits per heavy atom. The highest BCUT2D eigenvalue weighted by Crippen LogP contribution is 2.31. The van der Waals surface area contributed by atoms with Gasteiger partial charge in [0.15, 0.2) is 5.82 Å². The van der Waals surface area contributed by atoms with Gasteiger partial charge in [0.05, 0.1) is 23.9 Å². The molecule has 7 heteroatoms. The number of rotatable bonds is 7. The van der Waals surface area contributed by atoms with E-state index in [1.165, 1.54) is 11.8 Å². The van der Waals surface area contributed by atoms with E-state index in [1.807, 2.05) is 48.5 Å². The van der Waals surface area contributed by atoms with Crippen LogP contribution in [-0.4, -0.2) is 41.8 Å². The number of hydrogen-bond acceptors (Lipinski definition) is 6. The zero-order valence-electron chi connectivity index (χ0n) is 16.4. The van der Waals surface area contributed by atoms with Crippen molar-refractivity contribution in [3.8, 4) is 5.75 Å². The van der Waals surface area contributed by atoms with Crippen molar-refractivity contribution >= 4 is 34.5 Å². The number of carbonyl (C=O) groups excluding carboxylic acids is 1. The Balaban J connectivity index is 1.45. The molecule has 0 aliphatic carbocycles. The number of anilines is 1. The molecule has 1 aromatic heterocycles. The van der Waals surface area contributed by atoms with Gasteiger partial charge in [0.2, 0.25) is 5.91 Å². The molecule has 0 bridgehead atoms. The highest BCUT2D eigenvalue weighted by atomic mass is 32.2. The lowest BCUT2D eigenvalue weighted by molar-refractivity contribution is -0.118. The summed E-state index contributed by atoms with van der Waals surface area (Å²) in [5.74, 6) is 1.92. The van der Waals surface area contributed by atoms with Crippen LogP contribution in [0.5, 0.6) is 5.75 Å². The lowest BCUT2D eigenvalue weighted by Gasteiger charge is -2.19. The Kier molecular flexibility index (Phi) is 6.14. The van der Waals surface area contributed by atoms with E-state index in [0.717, 1.165) is 59.1 Å². The SMILES string of the molecule is COc1ccccc1CNC(=O)CSc1nc2ccccc2nc1N1CCCC1. The molecular formula is C22H24N4O2S. The summed E-state index contributed by atoms with van der Waals surface area (Å²) < 4.78 is 5.34. The molecule has 2 heterocycles. The van der Waals surface area contributed by atoms with Crippen LogP contribution < -0.4 is 15.0 Å². The van der Waals surface area contributed by atoms with E-state index in [-0.39, 0.29) is 5.91 Å². The van der Waals surface area contributed by atoms with Crippen LogP contribution >= 0.6 is 11.8 Å². The molecular weight excluding hydrogens is 384 g/mol. The molecule has 0 atom stereocenters. The molecule has 1 fully saturated rings. The Morgan fingerprint density at radius 2 is 1.76 bits per heavy atom. The maximum atomic E-state index is 12.5. The summed E-state index contributed by atoms with van der Waals surface area (Å²) in [4.78, 5) is 24.4. The standard InChI is InChI=1S/C22H24N4O2S/c1-28-19-11-5-2-8-16(19)14-23-20(27)15-29-22-21(26-12-6-7-13-26)24-17-9-3-4-10-18(17)25-22/h2-5,8-11H,6-7,12-15H2,1H3,(H,23,27). The third-order valence-corrected chi connectivity index (χ3v) is 5.89. The number of para-hydroxylation sites is 3. The summed E-state index contributed by atoms with van der Waals surface area (Å²) in [6.45, 7) is 2.41. The minimum absolute atomic E-state index is 0.0387. The minimum atomic E-state index is -0.0387. The number of nitrogens with one attached hydrogen (secondary N) is 1. The van der Waals surface area contributed by atoms with Gasteiger partial charge in [-0.3, -0.25) is 4.79 Å². The van der Waals surface area contributed by atoms with Crippen molar-refractivity contribution in [3.63, 3.8) is 0 Å². The maximum absolute atomic E-state index is 12.5. The first-order valence-corrected chi connectivity index (χ1v) is 10.8. The first-order chi connectivity index (χ1) is 14.2. The van der Waals surface area contributed by atoms with Crippen LogP contribution in [0.3, 0.4) is 0 Å². The lowest BCUT2D eigenvalue weighted by atomic mass is 10.2. The van der Waals surface area contributed by atoms with Gasteiger partial charge in [-0.05, 0) is 31.0 Å². The number of amides is 1. The molecule has 150 valence electrons. The number of aromatic nitrogens is 2. The molecule has 6 nitrogen and oxygen atoms in total. The van der Waals surface area contributed by atoms with Crippen LogP contribution in [0.1, 0.15) is 18.4 Å². The van der Waals surface area contributed by atoms with Gasteiger partial charge in [-0.25, -0.2) is 9.97 Å². The van der Waals surface area contributed by atoms with Gasteiger partial charge in [0.25, 0.3) is 0 Å². The largest absolute Gasteiger partial charge is 0.496 e. The van der Waals surface area contributed by atoms with E-state index in [4.69, 9.17) is 14.7 Å². The Bertz CT molecular complexity index is 1010. The number of fused-ring (bicyclic) bond motifs is 1. The molecule has 29 heavy (non-hydrogen) atoms. The van der Waals surface area contributed by atoms with E-state index in [9.17, 15) is 4.79 Å². The number of methoxy groups -OCH3 is 1. The van der Waals surface area contributed by atoms with E-state index in [1.54, 1.807) is 7.11 Å². The molecule has 0 radical (unpaired) electrons. The molecule has 4 rings (SSSR count). The number of nitrogens with zero attached hydrogens (tertiary/aromatic N) is 3. The maximum Gasteiger partial charge on any atom is 0.230 e. The third-order valence-electron chi connectivity index (χ3n) is 4.94. The van der Waals surface area contributed by atoms with E-state index >= 15 is 0 Å². The number of ether oxygens (including phenoxy) is 1. The van der Waals surface area contributed by atoms with Gasteiger partial charge in [0.1, 0.15) is 10.8 Å². The Morgan fingerprint density at radius 1 is 1.07 bits per heavy atom. The molecule has 2 aromatic carbocycles. The van der Waals surface area contributed by atoms with Crippen molar-refractivity contribution in [2.45, 2.75) is 24.4 Å². The summed E-state index contributed by atoms with van der Waals surface area (Å²) >= 11 is 1.44. The van der Waals surface area contributed by atoms with Crippen molar-refractivity contribution < 1.29 is 9.53 Å². The average molecular weight is 409 g/mol. The van der Waals surface area contributed by atoms with E-state index in [2.05, 4.69) is 10.2 Å². The summed E-state index contributed by atoms with van der Waals surface area (Å²) in [6.07, 6.45) is 2.33. The van der Waals surface area contributed by atoms with Crippen molar-refractivity contribution in [3.05, 3.63) is 54.1 Å². The number of thioether (sulfide) groups is 1. The molecule has 3 aromatic rings. The first kappa shape index (κ1) is 19.5. The van der Waals surface area contributed by atoms with Crippen LogP contribution in [0.2, 0.25) is 0 Å². The zero-order chi connectivity index (χ0) is 20.1. The van der Waals surface area contributed by atoms with Gasteiger partial charge < -0.3 is 15.0 Å². The summed E-state index contributed by atoms with van der Waals surface area (Å²) in [6, 6.07) is 15.6. The average Bonchev–Trinajstić information content (AvgIpc) is 3.30. The molecule has 1 saturated heterocycles. The molecule has 1 aliphatic rings. The predicted octanol–water partition coefficient (Wildman–Crippen LogP) is 3.65. The quantitative estimate of drug-likeness (QED) is 0.602. The Hall–Kier alpha value is -2.80. The van der Waals surface area contributed by atoms with Crippen LogP contribution in [0, 0.1) is 0 Å². The molecule has 0 saturated carbocycles. The minimum Gasteiger partial charge on any atom is -0.496 e. The van der Waals surface area contributed by atoms with Gasteiger partial charge in [-0.1, -0.05) is 42.1 Å². The highest BCUT2D eigenvalue weighted by Gasteiger charge is 2.20. The topological polar surface area (TPSA) is 67.3 Å². The first-order valence-electron chi connectivity index (χ1n) is 9.78. The Labute approximate surface area is 174 Å². The number of hydrogen-bond donors (Lipinski definition) is 1. The van der Waals surface area contributed by atoms with E-state index in [0.29, 0.717) is 12.3 Å². The predicted molar refractivity (Wildman–Crippen MR) is 117 cm³/mol. The van der Waals surface area contributed by atoms with Crippen molar-refractivity contribution in [1.29, 1.82) is 0 Å². The highest BCUT2D eigenvalue weighted by molar-refractivity contribution is 8.00. The fraction of sp³-hybridized carbons (Fsp3) is 0.318. The fourth-order valence-electron chi connectivity index (χ4n) is 3.43. The van der Waals surface area contributed by atoms with Crippen LogP contribution in [-0.2, 0) is 11.3 Å².